The van der Waals surface area contributed by atoms with Crippen molar-refractivity contribution < 1.29 is 4.79 Å². The van der Waals surface area contributed by atoms with Crippen LogP contribution in [0.15, 0.2) is 12.3 Å². The molecular formula is C19H29N5O. The molecule has 1 aliphatic heterocycles. The molecule has 1 amide bonds. The zero-order valence-electron chi connectivity index (χ0n) is 16.0. The third kappa shape index (κ3) is 3.94. The number of hydrogen-bond acceptors (Lipinski definition) is 3. The van der Waals surface area contributed by atoms with E-state index in [4.69, 9.17) is 0 Å². The van der Waals surface area contributed by atoms with E-state index in [1.54, 1.807) is 0 Å². The Bertz CT molecular complexity index is 752. The van der Waals surface area contributed by atoms with Crippen LogP contribution in [0.2, 0.25) is 0 Å². The molecular weight excluding hydrogens is 314 g/mol. The summed E-state index contributed by atoms with van der Waals surface area (Å²) in [5, 5.41) is 8.58. The van der Waals surface area contributed by atoms with Gasteiger partial charge in [-0.05, 0) is 44.2 Å². The lowest BCUT2D eigenvalue weighted by Crippen LogP contribution is -2.41. The second-order valence-corrected chi connectivity index (χ2v) is 8.35. The Labute approximate surface area is 149 Å². The van der Waals surface area contributed by atoms with Gasteiger partial charge in [-0.2, -0.15) is 0 Å². The third-order valence-corrected chi connectivity index (χ3v) is 4.92. The predicted octanol–water partition coefficient (Wildman–Crippen LogP) is 3.07. The second kappa shape index (κ2) is 6.65. The van der Waals surface area contributed by atoms with Crippen LogP contribution in [0.25, 0.3) is 0 Å². The molecule has 3 rings (SSSR count). The van der Waals surface area contributed by atoms with Crippen LogP contribution in [0.4, 0.5) is 0 Å². The Hall–Kier alpha value is -2.11. The first kappa shape index (κ1) is 17.7. The number of H-pyrrole nitrogens is 1. The van der Waals surface area contributed by atoms with Crippen LogP contribution >= 0.6 is 0 Å². The van der Waals surface area contributed by atoms with Gasteiger partial charge in [0.2, 0.25) is 0 Å². The third-order valence-electron chi connectivity index (χ3n) is 4.92. The second-order valence-electron chi connectivity index (χ2n) is 8.35. The minimum atomic E-state index is 0.00974. The molecule has 1 saturated heterocycles. The first-order chi connectivity index (χ1) is 11.7. The minimum Gasteiger partial charge on any atom is -0.354 e. The Kier molecular flexibility index (Phi) is 4.71. The molecule has 25 heavy (non-hydrogen) atoms. The van der Waals surface area contributed by atoms with Gasteiger partial charge in [0.15, 0.2) is 0 Å². The van der Waals surface area contributed by atoms with Gasteiger partial charge in [-0.3, -0.25) is 9.48 Å². The summed E-state index contributed by atoms with van der Waals surface area (Å²) in [6.45, 7) is 12.8. The van der Waals surface area contributed by atoms with Gasteiger partial charge >= 0.3 is 0 Å². The van der Waals surface area contributed by atoms with Crippen molar-refractivity contribution in [1.82, 2.24) is 24.9 Å². The van der Waals surface area contributed by atoms with Gasteiger partial charge in [-0.1, -0.05) is 26.0 Å². The van der Waals surface area contributed by atoms with Crippen molar-refractivity contribution in [1.29, 1.82) is 0 Å². The molecule has 1 aliphatic rings. The fourth-order valence-corrected chi connectivity index (χ4v) is 3.50. The van der Waals surface area contributed by atoms with Crippen LogP contribution in [0, 0.1) is 19.8 Å². The first-order valence-electron chi connectivity index (χ1n) is 9.10. The van der Waals surface area contributed by atoms with E-state index in [1.807, 2.05) is 35.7 Å². The standard InChI is InChI=1S/C19H29N5O/c1-13-9-14(2)20-17(13)18(25)23-8-6-7-15(10-23)11-24-12-16(21-22-24)19(3,4)5/h9,12,15,20H,6-8,10-11H2,1-5H3/t15-/m0/s1. The van der Waals surface area contributed by atoms with Gasteiger partial charge in [-0.25, -0.2) is 0 Å². The Balaban J connectivity index is 1.66. The maximum Gasteiger partial charge on any atom is 0.270 e. The number of piperidine rings is 1. The monoisotopic (exact) mass is 343 g/mol. The summed E-state index contributed by atoms with van der Waals surface area (Å²) in [6.07, 6.45) is 4.20. The van der Waals surface area contributed by atoms with E-state index in [0.29, 0.717) is 5.92 Å². The normalized spacial score (nSPS) is 18.6. The maximum atomic E-state index is 12.8. The van der Waals surface area contributed by atoms with Gasteiger partial charge < -0.3 is 9.88 Å². The molecule has 0 saturated carbocycles. The molecule has 2 aromatic heterocycles. The summed E-state index contributed by atoms with van der Waals surface area (Å²) in [5.41, 5.74) is 3.81. The topological polar surface area (TPSA) is 66.8 Å². The smallest absolute Gasteiger partial charge is 0.270 e. The average molecular weight is 343 g/mol. The van der Waals surface area contributed by atoms with Gasteiger partial charge in [0.25, 0.3) is 5.91 Å². The summed E-state index contributed by atoms with van der Waals surface area (Å²) < 4.78 is 1.93. The summed E-state index contributed by atoms with van der Waals surface area (Å²) in [7, 11) is 0. The minimum absolute atomic E-state index is 0.00974. The Morgan fingerprint density at radius 1 is 1.36 bits per heavy atom. The van der Waals surface area contributed by atoms with E-state index in [9.17, 15) is 4.79 Å². The van der Waals surface area contributed by atoms with Crippen molar-refractivity contribution in [2.24, 2.45) is 5.92 Å². The lowest BCUT2D eigenvalue weighted by Gasteiger charge is -2.32. The molecule has 0 radical (unpaired) electrons. The first-order valence-corrected chi connectivity index (χ1v) is 9.10. The summed E-state index contributed by atoms with van der Waals surface area (Å²) >= 11 is 0. The number of aromatic amines is 1. The number of aryl methyl sites for hydroxylation is 2. The molecule has 1 atom stereocenters. The molecule has 0 unspecified atom stereocenters. The van der Waals surface area contributed by atoms with Crippen LogP contribution in [-0.4, -0.2) is 43.9 Å². The van der Waals surface area contributed by atoms with Crippen LogP contribution < -0.4 is 0 Å². The number of nitrogens with one attached hydrogen (secondary N) is 1. The van der Waals surface area contributed by atoms with Crippen LogP contribution in [0.5, 0.6) is 0 Å². The maximum absolute atomic E-state index is 12.8. The van der Waals surface area contributed by atoms with Crippen molar-refractivity contribution >= 4 is 5.91 Å². The van der Waals surface area contributed by atoms with Crippen molar-refractivity contribution in [3.63, 3.8) is 0 Å². The highest BCUT2D eigenvalue weighted by Gasteiger charge is 2.27. The van der Waals surface area contributed by atoms with Crippen LogP contribution in [-0.2, 0) is 12.0 Å². The quantitative estimate of drug-likeness (QED) is 0.931. The number of rotatable bonds is 3. The zero-order valence-corrected chi connectivity index (χ0v) is 16.0. The molecule has 0 spiro atoms. The van der Waals surface area contributed by atoms with Crippen molar-refractivity contribution in [3.05, 3.63) is 34.9 Å². The molecule has 1 N–H and O–H groups in total. The average Bonchev–Trinajstić information content (AvgIpc) is 3.13. The van der Waals surface area contributed by atoms with Crippen LogP contribution in [0.3, 0.4) is 0 Å². The number of amides is 1. The highest BCUT2D eigenvalue weighted by molar-refractivity contribution is 5.94. The SMILES string of the molecule is Cc1cc(C)c(C(=O)N2CCC[C@H](Cn3cc(C(C)(C)C)nn3)C2)[nH]1. The molecule has 0 aromatic carbocycles. The number of nitrogens with zero attached hydrogens (tertiary/aromatic N) is 4. The van der Waals surface area contributed by atoms with Crippen molar-refractivity contribution in [2.45, 2.75) is 59.4 Å². The zero-order chi connectivity index (χ0) is 18.2. The van der Waals surface area contributed by atoms with E-state index >= 15 is 0 Å². The fraction of sp³-hybridized carbons (Fsp3) is 0.632. The van der Waals surface area contributed by atoms with Gasteiger partial charge in [-0.15, -0.1) is 5.10 Å². The fourth-order valence-electron chi connectivity index (χ4n) is 3.50. The molecule has 3 heterocycles. The van der Waals surface area contributed by atoms with Crippen molar-refractivity contribution in [3.8, 4) is 0 Å². The molecule has 6 heteroatoms. The van der Waals surface area contributed by atoms with E-state index in [1.165, 1.54) is 0 Å². The Morgan fingerprint density at radius 3 is 2.72 bits per heavy atom. The van der Waals surface area contributed by atoms with E-state index in [0.717, 1.165) is 55.1 Å². The molecule has 6 nitrogen and oxygen atoms in total. The number of carbonyl (C=O) groups is 1. The molecule has 136 valence electrons. The number of hydrogen-bond donors (Lipinski definition) is 1. The van der Waals surface area contributed by atoms with Crippen LogP contribution in [0.1, 0.15) is 61.1 Å². The largest absolute Gasteiger partial charge is 0.354 e. The Morgan fingerprint density at radius 2 is 2.12 bits per heavy atom. The highest BCUT2D eigenvalue weighted by atomic mass is 16.2. The lowest BCUT2D eigenvalue weighted by atomic mass is 9.93. The van der Waals surface area contributed by atoms with Gasteiger partial charge in [0.05, 0.1) is 5.69 Å². The summed E-state index contributed by atoms with van der Waals surface area (Å²) in [6, 6.07) is 2.03. The number of carbonyl (C=O) groups excluding carboxylic acids is 1. The summed E-state index contributed by atoms with van der Waals surface area (Å²) in [4.78, 5) is 18.0. The lowest BCUT2D eigenvalue weighted by molar-refractivity contribution is 0.0653. The molecule has 1 fully saturated rings. The highest BCUT2D eigenvalue weighted by Crippen LogP contribution is 2.23. The number of likely N-dealkylation sites (tertiary alicyclic amines) is 1. The molecule has 2 aromatic rings. The van der Waals surface area contributed by atoms with E-state index in [-0.39, 0.29) is 11.3 Å². The molecule has 0 bridgehead atoms. The summed E-state index contributed by atoms with van der Waals surface area (Å²) in [5.74, 6) is 0.535. The van der Waals surface area contributed by atoms with Gasteiger partial charge in [0, 0.05) is 36.9 Å². The predicted molar refractivity (Wildman–Crippen MR) is 97.6 cm³/mol. The van der Waals surface area contributed by atoms with Crippen molar-refractivity contribution in [2.75, 3.05) is 13.1 Å². The molecule has 0 aliphatic carbocycles. The number of aromatic nitrogens is 4. The van der Waals surface area contributed by atoms with E-state index < -0.39 is 0 Å². The van der Waals surface area contributed by atoms with Gasteiger partial charge in [0.1, 0.15) is 5.69 Å². The van der Waals surface area contributed by atoms with E-state index in [2.05, 4.69) is 36.1 Å².